The van der Waals surface area contributed by atoms with Crippen LogP contribution >= 0.6 is 11.6 Å². The van der Waals surface area contributed by atoms with Crippen LogP contribution in [0.15, 0.2) is 95.5 Å². The van der Waals surface area contributed by atoms with E-state index < -0.39 is 0 Å². The molecule has 3 aromatic carbocycles. The molecular formula is C28H24ClN5O2. The third kappa shape index (κ3) is 5.37. The molecule has 0 aliphatic carbocycles. The Labute approximate surface area is 214 Å². The van der Waals surface area contributed by atoms with Crippen LogP contribution in [0.3, 0.4) is 0 Å². The molecule has 0 aliphatic heterocycles. The molecule has 36 heavy (non-hydrogen) atoms. The first-order valence-electron chi connectivity index (χ1n) is 11.6. The molecule has 5 aromatic rings. The predicted octanol–water partition coefficient (Wildman–Crippen LogP) is 5.83. The minimum absolute atomic E-state index is 0.0241. The number of aryl methyl sites for hydroxylation is 1. The number of para-hydroxylation sites is 1. The first-order valence-corrected chi connectivity index (χ1v) is 12.0. The van der Waals surface area contributed by atoms with Crippen molar-refractivity contribution in [1.82, 2.24) is 24.9 Å². The second-order valence-electron chi connectivity index (χ2n) is 8.41. The summed E-state index contributed by atoms with van der Waals surface area (Å²) in [6, 6.07) is 27.0. The van der Waals surface area contributed by atoms with Gasteiger partial charge in [0, 0.05) is 54.3 Å². The molecular weight excluding hydrogens is 474 g/mol. The quantitative estimate of drug-likeness (QED) is 0.269. The fraction of sp³-hybridized carbons (Fsp3) is 0.143. The highest BCUT2D eigenvalue weighted by molar-refractivity contribution is 6.30. The molecule has 0 spiro atoms. The van der Waals surface area contributed by atoms with Crippen molar-refractivity contribution in [3.05, 3.63) is 108 Å². The first kappa shape index (κ1) is 23.5. The standard InChI is InChI=1S/C28H24ClN5O2/c1-33(26(35)17-16-25-30-31-28(36-25)21-8-4-2-5-9-21)18-22-19-34(24-10-6-3-7-11-24)32-27(22)20-12-14-23(29)15-13-20/h2-15,19H,16-18H2,1H3. The van der Waals surface area contributed by atoms with E-state index in [0.29, 0.717) is 29.8 Å². The molecule has 2 heterocycles. The van der Waals surface area contributed by atoms with E-state index in [2.05, 4.69) is 10.2 Å². The maximum absolute atomic E-state index is 13.0. The topological polar surface area (TPSA) is 77.1 Å². The van der Waals surface area contributed by atoms with Gasteiger partial charge in [-0.15, -0.1) is 10.2 Å². The highest BCUT2D eigenvalue weighted by atomic mass is 35.5. The molecule has 0 N–H and O–H groups in total. The fourth-order valence-electron chi connectivity index (χ4n) is 3.89. The molecule has 180 valence electrons. The van der Waals surface area contributed by atoms with Crippen molar-refractivity contribution in [3.8, 4) is 28.4 Å². The van der Waals surface area contributed by atoms with Crippen LogP contribution in [0.25, 0.3) is 28.4 Å². The van der Waals surface area contributed by atoms with Crippen molar-refractivity contribution in [2.75, 3.05) is 7.05 Å². The molecule has 5 rings (SSSR count). The Kier molecular flexibility index (Phi) is 6.91. The third-order valence-electron chi connectivity index (χ3n) is 5.80. The Morgan fingerprint density at radius 3 is 2.33 bits per heavy atom. The summed E-state index contributed by atoms with van der Waals surface area (Å²) in [6.07, 6.45) is 2.60. The van der Waals surface area contributed by atoms with Gasteiger partial charge in [-0.25, -0.2) is 4.68 Å². The number of rotatable bonds is 8. The number of carbonyl (C=O) groups is 1. The lowest BCUT2D eigenvalue weighted by Crippen LogP contribution is -2.26. The van der Waals surface area contributed by atoms with Gasteiger partial charge in [0.25, 0.3) is 0 Å². The van der Waals surface area contributed by atoms with E-state index in [0.717, 1.165) is 28.1 Å². The monoisotopic (exact) mass is 497 g/mol. The summed E-state index contributed by atoms with van der Waals surface area (Å²) in [7, 11) is 1.79. The Morgan fingerprint density at radius 2 is 1.61 bits per heavy atom. The van der Waals surface area contributed by atoms with E-state index in [1.807, 2.05) is 95.8 Å². The largest absolute Gasteiger partial charge is 0.421 e. The Balaban J connectivity index is 1.30. The predicted molar refractivity (Wildman–Crippen MR) is 139 cm³/mol. The van der Waals surface area contributed by atoms with E-state index in [1.165, 1.54) is 0 Å². The van der Waals surface area contributed by atoms with Gasteiger partial charge in [-0.1, -0.05) is 60.1 Å². The number of halogens is 1. The van der Waals surface area contributed by atoms with E-state index in [-0.39, 0.29) is 12.3 Å². The lowest BCUT2D eigenvalue weighted by atomic mass is 10.1. The van der Waals surface area contributed by atoms with Crippen molar-refractivity contribution in [1.29, 1.82) is 0 Å². The summed E-state index contributed by atoms with van der Waals surface area (Å²) >= 11 is 6.09. The first-order chi connectivity index (χ1) is 17.6. The number of carbonyl (C=O) groups excluding carboxylic acids is 1. The smallest absolute Gasteiger partial charge is 0.247 e. The Hall–Kier alpha value is -4.23. The molecule has 2 aromatic heterocycles. The maximum atomic E-state index is 13.0. The maximum Gasteiger partial charge on any atom is 0.247 e. The van der Waals surface area contributed by atoms with Crippen LogP contribution in [-0.4, -0.2) is 37.8 Å². The summed E-state index contributed by atoms with van der Waals surface area (Å²) in [5.41, 5.74) is 4.47. The van der Waals surface area contributed by atoms with Crippen molar-refractivity contribution < 1.29 is 9.21 Å². The van der Waals surface area contributed by atoms with E-state index >= 15 is 0 Å². The van der Waals surface area contributed by atoms with Crippen LogP contribution < -0.4 is 0 Å². The molecule has 8 heteroatoms. The number of hydrogen-bond acceptors (Lipinski definition) is 5. The second-order valence-corrected chi connectivity index (χ2v) is 8.84. The molecule has 0 bridgehead atoms. The molecule has 0 unspecified atom stereocenters. The lowest BCUT2D eigenvalue weighted by molar-refractivity contribution is -0.130. The summed E-state index contributed by atoms with van der Waals surface area (Å²) in [5, 5.41) is 13.7. The Morgan fingerprint density at radius 1 is 0.917 bits per heavy atom. The van der Waals surface area contributed by atoms with E-state index in [1.54, 1.807) is 11.9 Å². The summed E-state index contributed by atoms with van der Waals surface area (Å²) in [6.45, 7) is 0.405. The molecule has 0 atom stereocenters. The van der Waals surface area contributed by atoms with Crippen molar-refractivity contribution in [2.24, 2.45) is 0 Å². The van der Waals surface area contributed by atoms with Crippen LogP contribution in [0.2, 0.25) is 5.02 Å². The van der Waals surface area contributed by atoms with E-state index in [4.69, 9.17) is 21.1 Å². The summed E-state index contributed by atoms with van der Waals surface area (Å²) in [5.74, 6) is 0.866. The van der Waals surface area contributed by atoms with Crippen molar-refractivity contribution >= 4 is 17.5 Å². The molecule has 0 aliphatic rings. The fourth-order valence-corrected chi connectivity index (χ4v) is 4.02. The number of amides is 1. The number of benzene rings is 3. The molecule has 7 nitrogen and oxygen atoms in total. The van der Waals surface area contributed by atoms with Gasteiger partial charge < -0.3 is 9.32 Å². The molecule has 0 saturated heterocycles. The number of aromatic nitrogens is 4. The van der Waals surface area contributed by atoms with Gasteiger partial charge in [0.2, 0.25) is 17.7 Å². The van der Waals surface area contributed by atoms with Gasteiger partial charge in [-0.3, -0.25) is 4.79 Å². The van der Waals surface area contributed by atoms with Gasteiger partial charge >= 0.3 is 0 Å². The molecule has 0 saturated carbocycles. The lowest BCUT2D eigenvalue weighted by Gasteiger charge is -2.16. The molecule has 0 fully saturated rings. The Bertz CT molecular complexity index is 1450. The minimum atomic E-state index is -0.0241. The van der Waals surface area contributed by atoms with Gasteiger partial charge in [-0.05, 0) is 36.4 Å². The number of nitrogens with zero attached hydrogens (tertiary/aromatic N) is 5. The van der Waals surface area contributed by atoms with E-state index in [9.17, 15) is 4.79 Å². The summed E-state index contributed by atoms with van der Waals surface area (Å²) in [4.78, 5) is 14.7. The average molecular weight is 498 g/mol. The van der Waals surface area contributed by atoms with Gasteiger partial charge in [0.15, 0.2) is 0 Å². The number of hydrogen-bond donors (Lipinski definition) is 0. The van der Waals surface area contributed by atoms with Crippen LogP contribution in [-0.2, 0) is 17.8 Å². The average Bonchev–Trinajstić information content (AvgIpc) is 3.56. The SMILES string of the molecule is CN(Cc1cn(-c2ccccc2)nc1-c1ccc(Cl)cc1)C(=O)CCc1nnc(-c2ccccc2)o1. The normalized spacial score (nSPS) is 10.9. The molecule has 1 amide bonds. The summed E-state index contributed by atoms with van der Waals surface area (Å²) < 4.78 is 7.57. The van der Waals surface area contributed by atoms with Crippen LogP contribution in [0.4, 0.5) is 0 Å². The van der Waals surface area contributed by atoms with Crippen molar-refractivity contribution in [3.63, 3.8) is 0 Å². The highest BCUT2D eigenvalue weighted by Crippen LogP contribution is 2.26. The van der Waals surface area contributed by atoms with Crippen LogP contribution in [0, 0.1) is 0 Å². The zero-order chi connectivity index (χ0) is 24.9. The van der Waals surface area contributed by atoms with Crippen LogP contribution in [0.5, 0.6) is 0 Å². The minimum Gasteiger partial charge on any atom is -0.421 e. The third-order valence-corrected chi connectivity index (χ3v) is 6.05. The van der Waals surface area contributed by atoms with Crippen molar-refractivity contribution in [2.45, 2.75) is 19.4 Å². The zero-order valence-corrected chi connectivity index (χ0v) is 20.5. The van der Waals surface area contributed by atoms with Gasteiger partial charge in [0.05, 0.1) is 11.4 Å². The van der Waals surface area contributed by atoms with Gasteiger partial charge in [0.1, 0.15) is 0 Å². The van der Waals surface area contributed by atoms with Gasteiger partial charge in [-0.2, -0.15) is 5.10 Å². The van der Waals surface area contributed by atoms with Crippen LogP contribution in [0.1, 0.15) is 17.9 Å². The molecule has 0 radical (unpaired) electrons. The second kappa shape index (κ2) is 10.6. The zero-order valence-electron chi connectivity index (χ0n) is 19.7. The highest BCUT2D eigenvalue weighted by Gasteiger charge is 2.18.